The molecule has 1 N–H and O–H groups in total. The molecular formula is C21H27N3O3. The maximum absolute atomic E-state index is 12.4. The van der Waals surface area contributed by atoms with Crippen molar-refractivity contribution in [2.45, 2.75) is 13.5 Å². The molecule has 2 aromatic carbocycles. The molecule has 6 nitrogen and oxygen atoms in total. The number of carbonyl (C=O) groups excluding carboxylic acids is 1. The van der Waals surface area contributed by atoms with Gasteiger partial charge in [-0.1, -0.05) is 12.1 Å². The van der Waals surface area contributed by atoms with E-state index in [1.165, 1.54) is 5.56 Å². The fraction of sp³-hybridized carbons (Fsp3) is 0.381. The van der Waals surface area contributed by atoms with E-state index in [4.69, 9.17) is 9.47 Å². The average Bonchev–Trinajstić information content (AvgIpc) is 2.71. The van der Waals surface area contributed by atoms with E-state index in [1.807, 2.05) is 48.2 Å². The summed E-state index contributed by atoms with van der Waals surface area (Å²) in [4.78, 5) is 16.7. The Bertz CT molecular complexity index is 723. The Balaban J connectivity index is 1.45. The van der Waals surface area contributed by atoms with Crippen LogP contribution in [-0.4, -0.2) is 55.7 Å². The Hall–Kier alpha value is -2.73. The number of anilines is 1. The van der Waals surface area contributed by atoms with Gasteiger partial charge in [0.25, 0.3) is 0 Å². The maximum atomic E-state index is 12.4. The number of rotatable bonds is 6. The molecule has 2 amide bonds. The predicted molar refractivity (Wildman–Crippen MR) is 106 cm³/mol. The SMILES string of the molecule is CCOc1ccc(CN2CCN(C(=O)Nc3ccc(OC)cc3)CC2)cc1. The van der Waals surface area contributed by atoms with Crippen LogP contribution in [0, 0.1) is 0 Å². The third-order valence-electron chi connectivity index (χ3n) is 4.64. The van der Waals surface area contributed by atoms with Crippen LogP contribution < -0.4 is 14.8 Å². The van der Waals surface area contributed by atoms with Gasteiger partial charge in [-0.15, -0.1) is 0 Å². The van der Waals surface area contributed by atoms with Crippen molar-refractivity contribution < 1.29 is 14.3 Å². The number of nitrogens with one attached hydrogen (secondary N) is 1. The van der Waals surface area contributed by atoms with E-state index in [0.29, 0.717) is 6.61 Å². The van der Waals surface area contributed by atoms with E-state index in [1.54, 1.807) is 7.11 Å². The number of urea groups is 1. The van der Waals surface area contributed by atoms with Gasteiger partial charge in [-0.25, -0.2) is 4.79 Å². The summed E-state index contributed by atoms with van der Waals surface area (Å²) >= 11 is 0. The van der Waals surface area contributed by atoms with Crippen LogP contribution in [-0.2, 0) is 6.54 Å². The molecule has 27 heavy (non-hydrogen) atoms. The van der Waals surface area contributed by atoms with Crippen LogP contribution in [0.4, 0.5) is 10.5 Å². The third kappa shape index (κ3) is 5.37. The Morgan fingerprint density at radius 2 is 1.59 bits per heavy atom. The van der Waals surface area contributed by atoms with Gasteiger partial charge in [0, 0.05) is 38.4 Å². The molecule has 0 aromatic heterocycles. The molecule has 1 saturated heterocycles. The molecule has 0 saturated carbocycles. The first-order valence-corrected chi connectivity index (χ1v) is 9.32. The highest BCUT2D eigenvalue weighted by Crippen LogP contribution is 2.17. The van der Waals surface area contributed by atoms with E-state index in [0.717, 1.165) is 49.9 Å². The van der Waals surface area contributed by atoms with Crippen LogP contribution in [0.3, 0.4) is 0 Å². The first-order valence-electron chi connectivity index (χ1n) is 9.32. The lowest BCUT2D eigenvalue weighted by atomic mass is 10.2. The average molecular weight is 369 g/mol. The number of piperazine rings is 1. The van der Waals surface area contributed by atoms with Gasteiger partial charge in [0.1, 0.15) is 11.5 Å². The van der Waals surface area contributed by atoms with Gasteiger partial charge < -0.3 is 19.7 Å². The van der Waals surface area contributed by atoms with Crippen LogP contribution in [0.5, 0.6) is 11.5 Å². The quantitative estimate of drug-likeness (QED) is 0.847. The van der Waals surface area contributed by atoms with Gasteiger partial charge in [0.2, 0.25) is 0 Å². The summed E-state index contributed by atoms with van der Waals surface area (Å²) in [5.74, 6) is 1.68. The number of hydrogen-bond donors (Lipinski definition) is 1. The highest BCUT2D eigenvalue weighted by Gasteiger charge is 2.21. The highest BCUT2D eigenvalue weighted by atomic mass is 16.5. The molecule has 1 fully saturated rings. The van der Waals surface area contributed by atoms with Crippen LogP contribution in [0.25, 0.3) is 0 Å². The predicted octanol–water partition coefficient (Wildman–Crippen LogP) is 3.44. The summed E-state index contributed by atoms with van der Waals surface area (Å²) in [6.07, 6.45) is 0. The van der Waals surface area contributed by atoms with Gasteiger partial charge in [0.05, 0.1) is 13.7 Å². The van der Waals surface area contributed by atoms with E-state index in [2.05, 4.69) is 22.3 Å². The van der Waals surface area contributed by atoms with E-state index < -0.39 is 0 Å². The van der Waals surface area contributed by atoms with Crippen molar-refractivity contribution in [3.05, 3.63) is 54.1 Å². The lowest BCUT2D eigenvalue weighted by molar-refractivity contribution is 0.143. The summed E-state index contributed by atoms with van der Waals surface area (Å²) in [6, 6.07) is 15.5. The molecular weight excluding hydrogens is 342 g/mol. The van der Waals surface area contributed by atoms with Crippen LogP contribution in [0.1, 0.15) is 12.5 Å². The summed E-state index contributed by atoms with van der Waals surface area (Å²) in [5.41, 5.74) is 2.03. The Morgan fingerprint density at radius 3 is 2.19 bits per heavy atom. The zero-order valence-corrected chi connectivity index (χ0v) is 16.0. The largest absolute Gasteiger partial charge is 0.497 e. The topological polar surface area (TPSA) is 54.0 Å². The number of carbonyl (C=O) groups is 1. The first-order chi connectivity index (χ1) is 13.2. The molecule has 0 aliphatic carbocycles. The fourth-order valence-electron chi connectivity index (χ4n) is 3.10. The summed E-state index contributed by atoms with van der Waals surface area (Å²) in [6.45, 7) is 6.73. The standard InChI is InChI=1S/C21H27N3O3/c1-3-27-20-8-4-17(5-9-20)16-23-12-14-24(15-13-23)21(25)22-18-6-10-19(26-2)11-7-18/h4-11H,3,12-16H2,1-2H3,(H,22,25). The van der Waals surface area contributed by atoms with Crippen molar-refractivity contribution in [3.8, 4) is 11.5 Å². The number of hydrogen-bond acceptors (Lipinski definition) is 4. The van der Waals surface area contributed by atoms with Gasteiger partial charge in [-0.3, -0.25) is 4.90 Å². The van der Waals surface area contributed by atoms with E-state index in [-0.39, 0.29) is 6.03 Å². The second kappa shape index (κ2) is 9.28. The summed E-state index contributed by atoms with van der Waals surface area (Å²) in [5, 5.41) is 2.94. The number of methoxy groups -OCH3 is 1. The monoisotopic (exact) mass is 369 g/mol. The normalized spacial score (nSPS) is 14.7. The lowest BCUT2D eigenvalue weighted by Gasteiger charge is -2.34. The molecule has 1 aliphatic heterocycles. The molecule has 1 aliphatic rings. The first kappa shape index (κ1) is 19.0. The molecule has 6 heteroatoms. The molecule has 0 bridgehead atoms. The molecule has 0 unspecified atom stereocenters. The maximum Gasteiger partial charge on any atom is 0.321 e. The molecule has 3 rings (SSSR count). The molecule has 2 aromatic rings. The Kier molecular flexibility index (Phi) is 6.54. The van der Waals surface area contributed by atoms with Crippen LogP contribution in [0.2, 0.25) is 0 Å². The Morgan fingerprint density at radius 1 is 0.963 bits per heavy atom. The molecule has 1 heterocycles. The number of nitrogens with zero attached hydrogens (tertiary/aromatic N) is 2. The van der Waals surface area contributed by atoms with Crippen molar-refractivity contribution in [3.63, 3.8) is 0 Å². The second-order valence-corrected chi connectivity index (χ2v) is 6.50. The van der Waals surface area contributed by atoms with Gasteiger partial charge >= 0.3 is 6.03 Å². The van der Waals surface area contributed by atoms with E-state index >= 15 is 0 Å². The Labute approximate surface area is 160 Å². The smallest absolute Gasteiger partial charge is 0.321 e. The van der Waals surface area contributed by atoms with Crippen LogP contribution in [0.15, 0.2) is 48.5 Å². The van der Waals surface area contributed by atoms with Gasteiger partial charge in [0.15, 0.2) is 0 Å². The zero-order chi connectivity index (χ0) is 19.1. The minimum absolute atomic E-state index is 0.0547. The second-order valence-electron chi connectivity index (χ2n) is 6.50. The van der Waals surface area contributed by atoms with Crippen molar-refractivity contribution >= 4 is 11.7 Å². The fourth-order valence-corrected chi connectivity index (χ4v) is 3.10. The minimum atomic E-state index is -0.0547. The van der Waals surface area contributed by atoms with Crippen molar-refractivity contribution in [2.75, 3.05) is 45.2 Å². The zero-order valence-electron chi connectivity index (χ0n) is 16.0. The van der Waals surface area contributed by atoms with Crippen molar-refractivity contribution in [2.24, 2.45) is 0 Å². The molecule has 0 radical (unpaired) electrons. The summed E-state index contributed by atoms with van der Waals surface area (Å²) in [7, 11) is 1.63. The van der Waals surface area contributed by atoms with E-state index in [9.17, 15) is 4.79 Å². The van der Waals surface area contributed by atoms with Crippen molar-refractivity contribution in [1.82, 2.24) is 9.80 Å². The van der Waals surface area contributed by atoms with Crippen molar-refractivity contribution in [1.29, 1.82) is 0 Å². The summed E-state index contributed by atoms with van der Waals surface area (Å²) < 4.78 is 10.6. The van der Waals surface area contributed by atoms with Gasteiger partial charge in [-0.2, -0.15) is 0 Å². The molecule has 144 valence electrons. The number of ether oxygens (including phenoxy) is 2. The minimum Gasteiger partial charge on any atom is -0.497 e. The van der Waals surface area contributed by atoms with Crippen LogP contribution >= 0.6 is 0 Å². The highest BCUT2D eigenvalue weighted by molar-refractivity contribution is 5.89. The number of amides is 2. The third-order valence-corrected chi connectivity index (χ3v) is 4.64. The molecule has 0 atom stereocenters. The number of benzene rings is 2. The van der Waals surface area contributed by atoms with Gasteiger partial charge in [-0.05, 0) is 48.9 Å². The lowest BCUT2D eigenvalue weighted by Crippen LogP contribution is -2.49. The molecule has 0 spiro atoms.